The van der Waals surface area contributed by atoms with Gasteiger partial charge >= 0.3 is 0 Å². The maximum atomic E-state index is 14.0. The summed E-state index contributed by atoms with van der Waals surface area (Å²) < 4.78 is 41.7. The molecule has 1 aromatic carbocycles. The molecule has 5 nitrogen and oxygen atoms in total. The zero-order valence-corrected chi connectivity index (χ0v) is 17.8. The van der Waals surface area contributed by atoms with E-state index in [1.54, 1.807) is 52.7 Å². The predicted octanol–water partition coefficient (Wildman–Crippen LogP) is 4.20. The number of hydrogen-bond acceptors (Lipinski definition) is 5. The van der Waals surface area contributed by atoms with Crippen LogP contribution >= 0.6 is 22.7 Å². The van der Waals surface area contributed by atoms with Crippen LogP contribution in [0, 0.1) is 5.82 Å². The monoisotopic (exact) mass is 450 g/mol. The van der Waals surface area contributed by atoms with Crippen LogP contribution in [0.4, 0.5) is 4.39 Å². The van der Waals surface area contributed by atoms with Gasteiger partial charge in [-0.15, -0.1) is 22.7 Å². The van der Waals surface area contributed by atoms with Gasteiger partial charge in [-0.1, -0.05) is 24.3 Å². The van der Waals surface area contributed by atoms with E-state index >= 15 is 0 Å². The Balaban J connectivity index is 1.38. The Labute approximate surface area is 176 Å². The third kappa shape index (κ3) is 4.42. The van der Waals surface area contributed by atoms with Crippen LogP contribution in [-0.4, -0.2) is 38.4 Å². The fourth-order valence-electron chi connectivity index (χ4n) is 3.31. The second kappa shape index (κ2) is 8.35. The highest BCUT2D eigenvalue weighted by molar-refractivity contribution is 7.91. The quantitative estimate of drug-likeness (QED) is 0.634. The van der Waals surface area contributed by atoms with Crippen molar-refractivity contribution in [3.05, 3.63) is 64.6 Å². The standard InChI is InChI=1S/C20H19FN2O3S3/c21-16-5-2-1-4-15(16)17-7-8-18(28-17)20(24)23-11-9-14(10-12-23)22-29(25,26)19-6-3-13-27-19/h1-8,13-14,22H,9-12H2. The number of carbonyl (C=O) groups is 1. The molecule has 0 spiro atoms. The lowest BCUT2D eigenvalue weighted by molar-refractivity contribution is 0.0716. The van der Waals surface area contributed by atoms with Crippen LogP contribution in [0.2, 0.25) is 0 Å². The van der Waals surface area contributed by atoms with Gasteiger partial charge in [0.15, 0.2) is 0 Å². The van der Waals surface area contributed by atoms with E-state index < -0.39 is 10.0 Å². The van der Waals surface area contributed by atoms with Crippen molar-refractivity contribution in [3.8, 4) is 10.4 Å². The second-order valence-electron chi connectivity index (χ2n) is 6.76. The Morgan fingerprint density at radius 3 is 2.52 bits per heavy atom. The Bertz CT molecular complexity index is 1100. The van der Waals surface area contributed by atoms with Crippen LogP contribution in [0.25, 0.3) is 10.4 Å². The minimum Gasteiger partial charge on any atom is -0.338 e. The van der Waals surface area contributed by atoms with E-state index in [1.807, 2.05) is 0 Å². The van der Waals surface area contributed by atoms with Gasteiger partial charge in [0.05, 0.1) is 4.88 Å². The zero-order valence-electron chi connectivity index (χ0n) is 15.4. The molecule has 1 aliphatic heterocycles. The van der Waals surface area contributed by atoms with Gasteiger partial charge in [-0.2, -0.15) is 0 Å². The van der Waals surface area contributed by atoms with Crippen molar-refractivity contribution in [1.82, 2.24) is 9.62 Å². The van der Waals surface area contributed by atoms with E-state index in [4.69, 9.17) is 0 Å². The van der Waals surface area contributed by atoms with Crippen molar-refractivity contribution in [1.29, 1.82) is 0 Å². The topological polar surface area (TPSA) is 66.5 Å². The van der Waals surface area contributed by atoms with Gasteiger partial charge in [0.2, 0.25) is 10.0 Å². The predicted molar refractivity (Wildman–Crippen MR) is 113 cm³/mol. The lowest BCUT2D eigenvalue weighted by atomic mass is 10.1. The van der Waals surface area contributed by atoms with Crippen molar-refractivity contribution in [3.63, 3.8) is 0 Å². The molecule has 0 radical (unpaired) electrons. The second-order valence-corrected chi connectivity index (χ2v) is 10.7. The summed E-state index contributed by atoms with van der Waals surface area (Å²) in [6.45, 7) is 0.951. The number of nitrogens with zero attached hydrogens (tertiary/aromatic N) is 1. The summed E-state index contributed by atoms with van der Waals surface area (Å²) in [6.07, 6.45) is 1.11. The van der Waals surface area contributed by atoms with Crippen LogP contribution in [0.3, 0.4) is 0 Å². The average molecular weight is 451 g/mol. The summed E-state index contributed by atoms with van der Waals surface area (Å²) in [5.41, 5.74) is 0.484. The van der Waals surface area contributed by atoms with Gasteiger partial charge in [0.1, 0.15) is 10.0 Å². The van der Waals surface area contributed by atoms with Gasteiger partial charge in [0, 0.05) is 29.6 Å². The average Bonchev–Trinajstić information content (AvgIpc) is 3.41. The maximum absolute atomic E-state index is 14.0. The van der Waals surface area contributed by atoms with Crippen molar-refractivity contribution in [2.75, 3.05) is 13.1 Å². The van der Waals surface area contributed by atoms with Gasteiger partial charge < -0.3 is 4.90 Å². The maximum Gasteiger partial charge on any atom is 0.263 e. The number of rotatable bonds is 5. The molecule has 9 heteroatoms. The first-order valence-corrected chi connectivity index (χ1v) is 12.3. The molecule has 152 valence electrons. The molecular weight excluding hydrogens is 431 g/mol. The number of thiophene rings is 2. The lowest BCUT2D eigenvalue weighted by Gasteiger charge is -2.31. The number of halogens is 1. The summed E-state index contributed by atoms with van der Waals surface area (Å²) >= 11 is 2.45. The lowest BCUT2D eigenvalue weighted by Crippen LogP contribution is -2.46. The smallest absolute Gasteiger partial charge is 0.263 e. The SMILES string of the molecule is O=C(c1ccc(-c2ccccc2F)s1)N1CCC(NS(=O)(=O)c2cccs2)CC1. The number of piperidine rings is 1. The third-order valence-electron chi connectivity index (χ3n) is 4.82. The zero-order chi connectivity index (χ0) is 20.4. The third-order valence-corrected chi connectivity index (χ3v) is 8.84. The van der Waals surface area contributed by atoms with Crippen LogP contribution in [0.1, 0.15) is 22.5 Å². The number of amides is 1. The van der Waals surface area contributed by atoms with Gasteiger partial charge in [-0.3, -0.25) is 4.79 Å². The Morgan fingerprint density at radius 1 is 1.07 bits per heavy atom. The Kier molecular flexibility index (Phi) is 5.82. The molecule has 4 rings (SSSR count). The van der Waals surface area contributed by atoms with Crippen LogP contribution < -0.4 is 4.72 Å². The van der Waals surface area contributed by atoms with Crippen molar-refractivity contribution in [2.24, 2.45) is 0 Å². The number of likely N-dealkylation sites (tertiary alicyclic amines) is 1. The number of carbonyl (C=O) groups excluding carboxylic acids is 1. The molecular formula is C20H19FN2O3S3. The van der Waals surface area contributed by atoms with Gasteiger partial charge in [0.25, 0.3) is 5.91 Å². The Hall–Kier alpha value is -2.07. The minimum atomic E-state index is -3.51. The molecule has 1 amide bonds. The molecule has 3 aromatic rings. The molecule has 0 saturated carbocycles. The number of nitrogens with one attached hydrogen (secondary N) is 1. The molecule has 0 atom stereocenters. The summed E-state index contributed by atoms with van der Waals surface area (Å²) in [5, 5.41) is 1.73. The molecule has 0 aliphatic carbocycles. The normalized spacial score (nSPS) is 15.6. The van der Waals surface area contributed by atoms with Crippen molar-refractivity contribution >= 4 is 38.6 Å². The largest absolute Gasteiger partial charge is 0.338 e. The molecule has 0 bridgehead atoms. The van der Waals surface area contributed by atoms with E-state index in [9.17, 15) is 17.6 Å². The molecule has 1 aliphatic rings. The molecule has 1 saturated heterocycles. The molecule has 3 heterocycles. The van der Waals surface area contributed by atoms with Gasteiger partial charge in [-0.05, 0) is 42.5 Å². The van der Waals surface area contributed by atoms with Crippen molar-refractivity contribution < 1.29 is 17.6 Å². The summed E-state index contributed by atoms with van der Waals surface area (Å²) in [6, 6.07) is 13.1. The first-order chi connectivity index (χ1) is 13.9. The number of hydrogen-bond donors (Lipinski definition) is 1. The van der Waals surface area contributed by atoms with E-state index in [1.165, 1.54) is 28.7 Å². The summed E-state index contributed by atoms with van der Waals surface area (Å²) in [5.74, 6) is -0.413. The fourth-order valence-corrected chi connectivity index (χ4v) is 6.62. The number of sulfonamides is 1. The highest BCUT2D eigenvalue weighted by atomic mass is 32.2. The van der Waals surface area contributed by atoms with E-state index in [0.717, 1.165) is 0 Å². The highest BCUT2D eigenvalue weighted by Crippen LogP contribution is 2.31. The van der Waals surface area contributed by atoms with E-state index in [0.29, 0.717) is 45.5 Å². The first-order valence-electron chi connectivity index (χ1n) is 9.14. The Morgan fingerprint density at radius 2 is 1.83 bits per heavy atom. The van der Waals surface area contributed by atoms with Crippen LogP contribution in [0.5, 0.6) is 0 Å². The van der Waals surface area contributed by atoms with Crippen LogP contribution in [-0.2, 0) is 10.0 Å². The molecule has 1 fully saturated rings. The first kappa shape index (κ1) is 20.2. The molecule has 1 N–H and O–H groups in total. The minimum absolute atomic E-state index is 0.0999. The number of benzene rings is 1. The highest BCUT2D eigenvalue weighted by Gasteiger charge is 2.28. The summed E-state index contributed by atoms with van der Waals surface area (Å²) in [4.78, 5) is 15.8. The van der Waals surface area contributed by atoms with Crippen LogP contribution in [0.15, 0.2) is 58.1 Å². The molecule has 2 aromatic heterocycles. The molecule has 0 unspecified atom stereocenters. The van der Waals surface area contributed by atoms with Gasteiger partial charge in [-0.25, -0.2) is 17.5 Å². The fraction of sp³-hybridized carbons (Fsp3) is 0.250. The summed E-state index contributed by atoms with van der Waals surface area (Å²) in [7, 11) is -3.51. The van der Waals surface area contributed by atoms with E-state index in [2.05, 4.69) is 4.72 Å². The van der Waals surface area contributed by atoms with Crippen molar-refractivity contribution in [2.45, 2.75) is 23.1 Å². The molecule has 29 heavy (non-hydrogen) atoms. The van der Waals surface area contributed by atoms with E-state index in [-0.39, 0.29) is 17.8 Å².